The maximum Gasteiger partial charge on any atom is 0.145 e. The summed E-state index contributed by atoms with van der Waals surface area (Å²) in [5, 5.41) is 0. The topological polar surface area (TPSA) is 67.1 Å². The van der Waals surface area contributed by atoms with Crippen molar-refractivity contribution in [2.45, 2.75) is 25.7 Å². The SMILES string of the molecule is CCc1nc(NN)cc(N2CCC(c3ccccc3)C2)n1. The molecule has 0 aliphatic carbocycles. The van der Waals surface area contributed by atoms with Crippen molar-refractivity contribution >= 4 is 11.6 Å². The van der Waals surface area contributed by atoms with Crippen LogP contribution in [0.2, 0.25) is 0 Å². The number of nitrogen functional groups attached to an aromatic ring is 1. The summed E-state index contributed by atoms with van der Waals surface area (Å²) in [7, 11) is 0. The molecule has 0 spiro atoms. The number of nitrogens with two attached hydrogens (primary N) is 1. The fraction of sp³-hybridized carbons (Fsp3) is 0.375. The highest BCUT2D eigenvalue weighted by molar-refractivity contribution is 5.50. The first-order valence-electron chi connectivity index (χ1n) is 7.44. The van der Waals surface area contributed by atoms with E-state index in [4.69, 9.17) is 5.84 Å². The van der Waals surface area contributed by atoms with Gasteiger partial charge in [-0.1, -0.05) is 37.3 Å². The van der Waals surface area contributed by atoms with Crippen molar-refractivity contribution in [2.75, 3.05) is 23.4 Å². The van der Waals surface area contributed by atoms with Crippen LogP contribution in [0.5, 0.6) is 0 Å². The highest BCUT2D eigenvalue weighted by Crippen LogP contribution is 2.30. The zero-order valence-corrected chi connectivity index (χ0v) is 12.3. The highest BCUT2D eigenvalue weighted by Gasteiger charge is 2.25. The number of hydrogen-bond acceptors (Lipinski definition) is 5. The summed E-state index contributed by atoms with van der Waals surface area (Å²) in [5.41, 5.74) is 4.04. The fourth-order valence-corrected chi connectivity index (χ4v) is 2.84. The number of nitrogens with one attached hydrogen (secondary N) is 1. The van der Waals surface area contributed by atoms with Crippen molar-refractivity contribution in [2.24, 2.45) is 5.84 Å². The van der Waals surface area contributed by atoms with Crippen molar-refractivity contribution < 1.29 is 0 Å². The second kappa shape index (κ2) is 6.10. The van der Waals surface area contributed by atoms with Crippen LogP contribution in [-0.4, -0.2) is 23.1 Å². The van der Waals surface area contributed by atoms with Gasteiger partial charge in [0.2, 0.25) is 0 Å². The van der Waals surface area contributed by atoms with Crippen LogP contribution in [0.15, 0.2) is 36.4 Å². The Morgan fingerprint density at radius 2 is 2.10 bits per heavy atom. The number of benzene rings is 1. The van der Waals surface area contributed by atoms with Crippen LogP contribution in [0.3, 0.4) is 0 Å². The van der Waals surface area contributed by atoms with Gasteiger partial charge in [-0.2, -0.15) is 0 Å². The van der Waals surface area contributed by atoms with E-state index in [0.717, 1.165) is 37.6 Å². The standard InChI is InChI=1S/C16H21N5/c1-2-14-18-15(20-17)10-16(19-14)21-9-8-13(11-21)12-6-4-3-5-7-12/h3-7,10,13H,2,8-9,11,17H2,1H3,(H,18,19,20). The summed E-state index contributed by atoms with van der Waals surface area (Å²) in [5.74, 6) is 8.54. The van der Waals surface area contributed by atoms with Crippen LogP contribution >= 0.6 is 0 Å². The van der Waals surface area contributed by atoms with Gasteiger partial charge < -0.3 is 10.3 Å². The monoisotopic (exact) mass is 283 g/mol. The lowest BCUT2D eigenvalue weighted by atomic mass is 9.99. The van der Waals surface area contributed by atoms with Crippen LogP contribution < -0.4 is 16.2 Å². The molecule has 0 radical (unpaired) electrons. The smallest absolute Gasteiger partial charge is 0.145 e. The molecule has 1 saturated heterocycles. The van der Waals surface area contributed by atoms with E-state index in [-0.39, 0.29) is 0 Å². The molecule has 1 unspecified atom stereocenters. The van der Waals surface area contributed by atoms with E-state index < -0.39 is 0 Å². The maximum atomic E-state index is 5.50. The van der Waals surface area contributed by atoms with Crippen LogP contribution in [-0.2, 0) is 6.42 Å². The van der Waals surface area contributed by atoms with Crippen molar-refractivity contribution in [1.82, 2.24) is 9.97 Å². The molecule has 3 N–H and O–H groups in total. The molecule has 21 heavy (non-hydrogen) atoms. The summed E-state index contributed by atoms with van der Waals surface area (Å²) in [6.07, 6.45) is 1.96. The number of hydrazine groups is 1. The molecule has 110 valence electrons. The quantitative estimate of drug-likeness (QED) is 0.666. The number of aromatic nitrogens is 2. The molecule has 0 saturated carbocycles. The van der Waals surface area contributed by atoms with Crippen molar-refractivity contribution in [3.8, 4) is 0 Å². The molecule has 0 bridgehead atoms. The van der Waals surface area contributed by atoms with Crippen LogP contribution in [0, 0.1) is 0 Å². The van der Waals surface area contributed by atoms with E-state index in [1.54, 1.807) is 0 Å². The zero-order valence-electron chi connectivity index (χ0n) is 12.3. The first-order valence-corrected chi connectivity index (χ1v) is 7.44. The zero-order chi connectivity index (χ0) is 14.7. The lowest BCUT2D eigenvalue weighted by molar-refractivity contribution is 0.773. The summed E-state index contributed by atoms with van der Waals surface area (Å²) >= 11 is 0. The van der Waals surface area contributed by atoms with Gasteiger partial charge in [0, 0.05) is 31.5 Å². The Balaban J connectivity index is 1.80. The average molecular weight is 283 g/mol. The molecule has 0 amide bonds. The van der Waals surface area contributed by atoms with E-state index >= 15 is 0 Å². The second-order valence-electron chi connectivity index (χ2n) is 5.37. The molecule has 1 aromatic heterocycles. The van der Waals surface area contributed by atoms with E-state index in [1.807, 2.05) is 6.07 Å². The molecule has 2 aromatic rings. The number of nitrogens with zero attached hydrogens (tertiary/aromatic N) is 3. The van der Waals surface area contributed by atoms with Gasteiger partial charge in [-0.3, -0.25) is 0 Å². The molecule has 1 aromatic carbocycles. The molecule has 5 nitrogen and oxygen atoms in total. The Kier molecular flexibility index (Phi) is 4.01. The Hall–Kier alpha value is -2.14. The lowest BCUT2D eigenvalue weighted by Gasteiger charge is -2.19. The third-order valence-corrected chi connectivity index (χ3v) is 4.01. The number of anilines is 2. The van der Waals surface area contributed by atoms with Crippen molar-refractivity contribution in [3.63, 3.8) is 0 Å². The Labute approximate surface area is 125 Å². The molecular weight excluding hydrogens is 262 g/mol. The van der Waals surface area contributed by atoms with Gasteiger partial charge in [0.1, 0.15) is 17.5 Å². The molecule has 1 atom stereocenters. The van der Waals surface area contributed by atoms with E-state index in [0.29, 0.717) is 11.7 Å². The summed E-state index contributed by atoms with van der Waals surface area (Å²) in [6, 6.07) is 12.6. The minimum absolute atomic E-state index is 0.570. The minimum atomic E-state index is 0.570. The normalized spacial score (nSPS) is 18.0. The molecular formula is C16H21N5. The molecule has 1 aliphatic heterocycles. The van der Waals surface area contributed by atoms with Gasteiger partial charge in [0.15, 0.2) is 0 Å². The number of rotatable bonds is 4. The number of hydrogen-bond donors (Lipinski definition) is 2. The van der Waals surface area contributed by atoms with E-state index in [2.05, 4.69) is 57.5 Å². The van der Waals surface area contributed by atoms with Crippen LogP contribution in [0.1, 0.15) is 30.7 Å². The maximum absolute atomic E-state index is 5.50. The Morgan fingerprint density at radius 3 is 2.81 bits per heavy atom. The molecule has 5 heteroatoms. The summed E-state index contributed by atoms with van der Waals surface area (Å²) < 4.78 is 0. The van der Waals surface area contributed by atoms with Crippen LogP contribution in [0.4, 0.5) is 11.6 Å². The average Bonchev–Trinajstić information content (AvgIpc) is 3.05. The van der Waals surface area contributed by atoms with Gasteiger partial charge >= 0.3 is 0 Å². The predicted octanol–water partition coefficient (Wildman–Crippen LogP) is 2.32. The van der Waals surface area contributed by atoms with Gasteiger partial charge in [-0.25, -0.2) is 15.8 Å². The van der Waals surface area contributed by atoms with Gasteiger partial charge in [0.25, 0.3) is 0 Å². The molecule has 3 rings (SSSR count). The third kappa shape index (κ3) is 2.97. The van der Waals surface area contributed by atoms with Gasteiger partial charge in [-0.05, 0) is 12.0 Å². The summed E-state index contributed by atoms with van der Waals surface area (Å²) in [4.78, 5) is 11.3. The summed E-state index contributed by atoms with van der Waals surface area (Å²) in [6.45, 7) is 4.06. The lowest BCUT2D eigenvalue weighted by Crippen LogP contribution is -2.22. The molecule has 1 aliphatic rings. The van der Waals surface area contributed by atoms with Gasteiger partial charge in [-0.15, -0.1) is 0 Å². The first kappa shape index (κ1) is 13.8. The van der Waals surface area contributed by atoms with E-state index in [1.165, 1.54) is 5.56 Å². The van der Waals surface area contributed by atoms with Crippen molar-refractivity contribution in [3.05, 3.63) is 47.8 Å². The Bertz CT molecular complexity index is 577. The van der Waals surface area contributed by atoms with Gasteiger partial charge in [0.05, 0.1) is 0 Å². The number of aryl methyl sites for hydroxylation is 1. The minimum Gasteiger partial charge on any atom is -0.356 e. The first-order chi connectivity index (χ1) is 10.3. The van der Waals surface area contributed by atoms with Crippen LogP contribution in [0.25, 0.3) is 0 Å². The third-order valence-electron chi connectivity index (χ3n) is 4.01. The predicted molar refractivity (Wildman–Crippen MR) is 85.2 cm³/mol. The molecule has 2 heterocycles. The second-order valence-corrected chi connectivity index (χ2v) is 5.37. The fourth-order valence-electron chi connectivity index (χ4n) is 2.84. The largest absolute Gasteiger partial charge is 0.356 e. The highest BCUT2D eigenvalue weighted by atomic mass is 15.3. The Morgan fingerprint density at radius 1 is 1.29 bits per heavy atom. The van der Waals surface area contributed by atoms with Crippen molar-refractivity contribution in [1.29, 1.82) is 0 Å². The van der Waals surface area contributed by atoms with E-state index in [9.17, 15) is 0 Å². The molecule has 1 fully saturated rings.